The second kappa shape index (κ2) is 5.72. The molecule has 1 N–H and O–H groups in total. The van der Waals surface area contributed by atoms with Crippen molar-refractivity contribution in [3.05, 3.63) is 54.6 Å². The number of hydrogen-bond acceptors (Lipinski definition) is 3. The predicted octanol–water partition coefficient (Wildman–Crippen LogP) is 3.52. The third-order valence-corrected chi connectivity index (χ3v) is 2.37. The van der Waals surface area contributed by atoms with E-state index in [2.05, 4.69) is 10.2 Å². The molecule has 2 rings (SSSR count). The van der Waals surface area contributed by atoms with Crippen LogP contribution >= 0.6 is 0 Å². The number of azo groups is 1. The van der Waals surface area contributed by atoms with Gasteiger partial charge in [0, 0.05) is 0 Å². The smallest absolute Gasteiger partial charge is 0.327 e. The van der Waals surface area contributed by atoms with Crippen LogP contribution in [-0.4, -0.2) is 17.6 Å². The van der Waals surface area contributed by atoms with Gasteiger partial charge in [0.05, 0.1) is 5.69 Å². The molecular weight excluding hydrogens is 228 g/mol. The van der Waals surface area contributed by atoms with Gasteiger partial charge in [-0.05, 0) is 23.3 Å². The SMILES string of the molecule is O=C(O)CN=Nc1ccc(-c2ccccc2)cc1. The molecule has 0 unspecified atom stereocenters. The van der Waals surface area contributed by atoms with E-state index in [1.165, 1.54) is 0 Å². The lowest BCUT2D eigenvalue weighted by molar-refractivity contribution is -0.135. The molecule has 0 saturated carbocycles. The summed E-state index contributed by atoms with van der Waals surface area (Å²) >= 11 is 0. The largest absolute Gasteiger partial charge is 0.480 e. The fraction of sp³-hybridized carbons (Fsp3) is 0.0714. The first-order valence-electron chi connectivity index (χ1n) is 5.50. The Morgan fingerprint density at radius 2 is 1.56 bits per heavy atom. The molecule has 0 aliphatic carbocycles. The molecule has 0 spiro atoms. The molecule has 0 heterocycles. The first kappa shape index (κ1) is 12.0. The maximum absolute atomic E-state index is 10.3. The van der Waals surface area contributed by atoms with Gasteiger partial charge in [-0.3, -0.25) is 4.79 Å². The Hall–Kier alpha value is -2.49. The molecule has 18 heavy (non-hydrogen) atoms. The van der Waals surface area contributed by atoms with Gasteiger partial charge >= 0.3 is 5.97 Å². The summed E-state index contributed by atoms with van der Waals surface area (Å²) in [4.78, 5) is 10.3. The minimum Gasteiger partial charge on any atom is -0.480 e. The molecule has 0 aromatic heterocycles. The van der Waals surface area contributed by atoms with Crippen molar-refractivity contribution in [2.24, 2.45) is 10.2 Å². The number of rotatable bonds is 4. The van der Waals surface area contributed by atoms with Gasteiger partial charge in [-0.25, -0.2) is 0 Å². The molecule has 90 valence electrons. The van der Waals surface area contributed by atoms with Gasteiger partial charge in [0.2, 0.25) is 0 Å². The van der Waals surface area contributed by atoms with Crippen LogP contribution in [0.1, 0.15) is 0 Å². The van der Waals surface area contributed by atoms with Crippen molar-refractivity contribution in [3.8, 4) is 11.1 Å². The lowest BCUT2D eigenvalue weighted by Crippen LogP contribution is -1.97. The number of carboxylic acid groups (broad SMARTS) is 1. The second-order valence-corrected chi connectivity index (χ2v) is 3.71. The van der Waals surface area contributed by atoms with Crippen molar-refractivity contribution < 1.29 is 9.90 Å². The molecule has 4 heteroatoms. The zero-order valence-corrected chi connectivity index (χ0v) is 9.65. The molecule has 0 fully saturated rings. The third-order valence-electron chi connectivity index (χ3n) is 2.37. The van der Waals surface area contributed by atoms with Gasteiger partial charge in [0.15, 0.2) is 6.54 Å². The number of nitrogens with zero attached hydrogens (tertiary/aromatic N) is 2. The van der Waals surface area contributed by atoms with E-state index >= 15 is 0 Å². The van der Waals surface area contributed by atoms with Crippen molar-refractivity contribution >= 4 is 11.7 Å². The minimum absolute atomic E-state index is 0.305. The predicted molar refractivity (Wildman–Crippen MR) is 68.9 cm³/mol. The van der Waals surface area contributed by atoms with Crippen molar-refractivity contribution in [2.75, 3.05) is 6.54 Å². The zero-order chi connectivity index (χ0) is 12.8. The summed E-state index contributed by atoms with van der Waals surface area (Å²) in [5.41, 5.74) is 2.87. The summed E-state index contributed by atoms with van der Waals surface area (Å²) < 4.78 is 0. The molecule has 2 aromatic rings. The van der Waals surface area contributed by atoms with Gasteiger partial charge in [-0.2, -0.15) is 10.2 Å². The molecule has 4 nitrogen and oxygen atoms in total. The lowest BCUT2D eigenvalue weighted by atomic mass is 10.1. The average Bonchev–Trinajstić information content (AvgIpc) is 2.40. The molecule has 0 amide bonds. The second-order valence-electron chi connectivity index (χ2n) is 3.71. The van der Waals surface area contributed by atoms with E-state index in [1.54, 1.807) is 0 Å². The van der Waals surface area contributed by atoms with Crippen LogP contribution in [0.2, 0.25) is 0 Å². The van der Waals surface area contributed by atoms with Gasteiger partial charge in [-0.1, -0.05) is 42.5 Å². The highest BCUT2D eigenvalue weighted by molar-refractivity contribution is 5.69. The Morgan fingerprint density at radius 3 is 2.17 bits per heavy atom. The van der Waals surface area contributed by atoms with Gasteiger partial charge in [0.25, 0.3) is 0 Å². The van der Waals surface area contributed by atoms with Crippen LogP contribution in [0.3, 0.4) is 0 Å². The minimum atomic E-state index is -0.986. The average molecular weight is 240 g/mol. The molecule has 0 aliphatic rings. The molecule has 2 aromatic carbocycles. The van der Waals surface area contributed by atoms with E-state index in [-0.39, 0.29) is 6.54 Å². The Morgan fingerprint density at radius 1 is 0.944 bits per heavy atom. The summed E-state index contributed by atoms with van der Waals surface area (Å²) in [6.45, 7) is -0.305. The molecular formula is C14H12N2O2. The van der Waals surface area contributed by atoms with Crippen molar-refractivity contribution in [2.45, 2.75) is 0 Å². The Bertz CT molecular complexity index is 548. The number of carboxylic acids is 1. The van der Waals surface area contributed by atoms with Gasteiger partial charge in [-0.15, -0.1) is 0 Å². The maximum Gasteiger partial charge on any atom is 0.327 e. The lowest BCUT2D eigenvalue weighted by Gasteiger charge is -2.00. The van der Waals surface area contributed by atoms with Crippen LogP contribution in [0.25, 0.3) is 11.1 Å². The van der Waals surface area contributed by atoms with Crippen LogP contribution in [-0.2, 0) is 4.79 Å². The Kier molecular flexibility index (Phi) is 3.81. The third kappa shape index (κ3) is 3.25. The van der Waals surface area contributed by atoms with Gasteiger partial charge < -0.3 is 5.11 Å². The fourth-order valence-electron chi connectivity index (χ4n) is 1.53. The monoisotopic (exact) mass is 240 g/mol. The summed E-state index contributed by atoms with van der Waals surface area (Å²) in [5, 5.41) is 15.8. The van der Waals surface area contributed by atoms with Crippen LogP contribution in [0.4, 0.5) is 5.69 Å². The maximum atomic E-state index is 10.3. The highest BCUT2D eigenvalue weighted by Gasteiger charge is 1.97. The topological polar surface area (TPSA) is 62.0 Å². The molecule has 0 atom stereocenters. The normalized spacial score (nSPS) is 10.7. The van der Waals surface area contributed by atoms with E-state index in [9.17, 15) is 4.79 Å². The van der Waals surface area contributed by atoms with E-state index < -0.39 is 5.97 Å². The number of aliphatic carboxylic acids is 1. The van der Waals surface area contributed by atoms with Crippen LogP contribution in [0.5, 0.6) is 0 Å². The van der Waals surface area contributed by atoms with Crippen molar-refractivity contribution in [1.29, 1.82) is 0 Å². The van der Waals surface area contributed by atoms with Crippen molar-refractivity contribution in [1.82, 2.24) is 0 Å². The van der Waals surface area contributed by atoms with E-state index in [1.807, 2.05) is 54.6 Å². The van der Waals surface area contributed by atoms with E-state index in [0.717, 1.165) is 11.1 Å². The number of hydrogen-bond donors (Lipinski definition) is 1. The van der Waals surface area contributed by atoms with Crippen LogP contribution < -0.4 is 0 Å². The van der Waals surface area contributed by atoms with Crippen LogP contribution in [0.15, 0.2) is 64.8 Å². The number of carbonyl (C=O) groups is 1. The highest BCUT2D eigenvalue weighted by atomic mass is 16.4. The molecule has 0 bridgehead atoms. The van der Waals surface area contributed by atoms with Crippen molar-refractivity contribution in [3.63, 3.8) is 0 Å². The highest BCUT2D eigenvalue weighted by Crippen LogP contribution is 2.22. The van der Waals surface area contributed by atoms with Gasteiger partial charge in [0.1, 0.15) is 0 Å². The summed E-state index contributed by atoms with van der Waals surface area (Å²) in [7, 11) is 0. The molecule has 0 aliphatic heterocycles. The quantitative estimate of drug-likeness (QED) is 0.831. The first-order valence-corrected chi connectivity index (χ1v) is 5.50. The molecule has 0 radical (unpaired) electrons. The molecule has 0 saturated heterocycles. The zero-order valence-electron chi connectivity index (χ0n) is 9.65. The standard InChI is InChI=1S/C14H12N2O2/c17-14(18)10-15-16-13-8-6-12(7-9-13)11-4-2-1-3-5-11/h1-9H,10H2,(H,17,18). The first-order chi connectivity index (χ1) is 8.75. The van der Waals surface area contributed by atoms with Crippen LogP contribution in [0, 0.1) is 0 Å². The summed E-state index contributed by atoms with van der Waals surface area (Å²) in [6.07, 6.45) is 0. The summed E-state index contributed by atoms with van der Waals surface area (Å²) in [5.74, 6) is -0.986. The Labute approximate surface area is 105 Å². The fourth-order valence-corrected chi connectivity index (χ4v) is 1.53. The Balaban J connectivity index is 2.11. The summed E-state index contributed by atoms with van der Waals surface area (Å²) in [6, 6.07) is 17.5. The van der Waals surface area contributed by atoms with E-state index in [0.29, 0.717) is 5.69 Å². The van der Waals surface area contributed by atoms with E-state index in [4.69, 9.17) is 5.11 Å². The number of benzene rings is 2.